The van der Waals surface area contributed by atoms with E-state index in [0.29, 0.717) is 6.54 Å². The molecule has 1 heterocycles. The van der Waals surface area contributed by atoms with Crippen LogP contribution in [0.5, 0.6) is 0 Å². The van der Waals surface area contributed by atoms with E-state index in [1.165, 1.54) is 0 Å². The predicted molar refractivity (Wildman–Crippen MR) is 71.8 cm³/mol. The Bertz CT molecular complexity index is 340. The van der Waals surface area contributed by atoms with Crippen molar-refractivity contribution in [1.29, 1.82) is 0 Å². The molecular formula is C11H17BrN2OS. The van der Waals surface area contributed by atoms with Gasteiger partial charge < -0.3 is 10.2 Å². The quantitative estimate of drug-likeness (QED) is 0.830. The number of carbonyl (C=O) groups excluding carboxylic acids is 1. The topological polar surface area (TPSA) is 32.3 Å². The molecule has 0 aliphatic carbocycles. The first-order chi connectivity index (χ1) is 7.63. The normalized spacial score (nSPS) is 10.2. The van der Waals surface area contributed by atoms with Crippen LogP contribution in [0.25, 0.3) is 0 Å². The van der Waals surface area contributed by atoms with Crippen LogP contribution in [-0.4, -0.2) is 24.5 Å². The number of urea groups is 1. The molecular weight excluding hydrogens is 288 g/mol. The molecule has 1 aromatic rings. The maximum absolute atomic E-state index is 11.6. The molecule has 0 unspecified atom stereocenters. The van der Waals surface area contributed by atoms with Gasteiger partial charge in [0.05, 0.1) is 3.79 Å². The summed E-state index contributed by atoms with van der Waals surface area (Å²) in [6.07, 6.45) is 2.13. The molecule has 0 bridgehead atoms. The van der Waals surface area contributed by atoms with Gasteiger partial charge in [0.2, 0.25) is 0 Å². The fourth-order valence-corrected chi connectivity index (χ4v) is 2.48. The van der Waals surface area contributed by atoms with Gasteiger partial charge in [0.1, 0.15) is 0 Å². The van der Waals surface area contributed by atoms with E-state index in [2.05, 4.69) is 33.6 Å². The van der Waals surface area contributed by atoms with Crippen LogP contribution < -0.4 is 5.32 Å². The van der Waals surface area contributed by atoms with Crippen LogP contribution in [0.1, 0.15) is 25.3 Å². The van der Waals surface area contributed by atoms with Crippen LogP contribution >= 0.6 is 27.3 Å². The Kier molecular flexibility index (Phi) is 5.84. The minimum absolute atomic E-state index is 0.00391. The molecule has 1 rings (SSSR count). The lowest BCUT2D eigenvalue weighted by Crippen LogP contribution is -2.37. The second-order valence-corrected chi connectivity index (χ2v) is 5.99. The van der Waals surface area contributed by atoms with Crippen molar-refractivity contribution in [3.8, 4) is 0 Å². The Labute approximate surface area is 109 Å². The van der Waals surface area contributed by atoms with Crippen molar-refractivity contribution in [3.63, 3.8) is 0 Å². The van der Waals surface area contributed by atoms with Gasteiger partial charge in [-0.15, -0.1) is 11.3 Å². The van der Waals surface area contributed by atoms with Crippen LogP contribution in [0.3, 0.4) is 0 Å². The molecule has 1 N–H and O–H groups in total. The highest BCUT2D eigenvalue weighted by Crippen LogP contribution is 2.21. The molecule has 0 saturated heterocycles. The lowest BCUT2D eigenvalue weighted by atomic mass is 10.3. The number of hydrogen-bond acceptors (Lipinski definition) is 2. The zero-order valence-corrected chi connectivity index (χ0v) is 12.0. The summed E-state index contributed by atoms with van der Waals surface area (Å²) in [5.41, 5.74) is 1.16. The van der Waals surface area contributed by atoms with Gasteiger partial charge >= 0.3 is 6.03 Å². The number of halogens is 1. The van der Waals surface area contributed by atoms with E-state index in [1.807, 2.05) is 13.1 Å². The predicted octanol–water partition coefficient (Wildman–Crippen LogP) is 3.45. The van der Waals surface area contributed by atoms with Crippen LogP contribution in [-0.2, 0) is 6.54 Å². The summed E-state index contributed by atoms with van der Waals surface area (Å²) in [7, 11) is 1.81. The molecule has 0 aliphatic heterocycles. The van der Waals surface area contributed by atoms with E-state index in [1.54, 1.807) is 16.2 Å². The molecule has 5 heteroatoms. The summed E-state index contributed by atoms with van der Waals surface area (Å²) in [6, 6.07) is 2.04. The number of carbonyl (C=O) groups is 1. The van der Waals surface area contributed by atoms with Crippen LogP contribution in [0.2, 0.25) is 0 Å². The van der Waals surface area contributed by atoms with E-state index >= 15 is 0 Å². The van der Waals surface area contributed by atoms with Crippen molar-refractivity contribution in [2.24, 2.45) is 0 Å². The van der Waals surface area contributed by atoms with Crippen molar-refractivity contribution < 1.29 is 4.79 Å². The summed E-state index contributed by atoms with van der Waals surface area (Å²) in [5.74, 6) is 0. The van der Waals surface area contributed by atoms with Crippen molar-refractivity contribution in [1.82, 2.24) is 10.2 Å². The van der Waals surface area contributed by atoms with E-state index in [9.17, 15) is 4.79 Å². The average Bonchev–Trinajstić information content (AvgIpc) is 2.64. The maximum Gasteiger partial charge on any atom is 0.317 e. The first kappa shape index (κ1) is 13.5. The van der Waals surface area contributed by atoms with Gasteiger partial charge in [0, 0.05) is 20.1 Å². The van der Waals surface area contributed by atoms with Gasteiger partial charge in [-0.05, 0) is 39.4 Å². The number of unbranched alkanes of at least 4 members (excludes halogenated alkanes) is 1. The van der Waals surface area contributed by atoms with Gasteiger partial charge in [0.25, 0.3) is 0 Å². The zero-order valence-electron chi connectivity index (χ0n) is 9.62. The summed E-state index contributed by atoms with van der Waals surface area (Å²) < 4.78 is 1.10. The number of rotatable bonds is 5. The smallest absolute Gasteiger partial charge is 0.317 e. The highest BCUT2D eigenvalue weighted by Gasteiger charge is 2.08. The highest BCUT2D eigenvalue weighted by molar-refractivity contribution is 9.11. The minimum Gasteiger partial charge on any atom is -0.338 e. The number of hydrogen-bond donors (Lipinski definition) is 1. The summed E-state index contributed by atoms with van der Waals surface area (Å²) in [4.78, 5) is 13.3. The third-order valence-electron chi connectivity index (χ3n) is 2.19. The lowest BCUT2D eigenvalue weighted by molar-refractivity contribution is 0.207. The Morgan fingerprint density at radius 2 is 2.38 bits per heavy atom. The van der Waals surface area contributed by atoms with Crippen molar-refractivity contribution in [3.05, 3.63) is 20.8 Å². The van der Waals surface area contributed by atoms with E-state index in [4.69, 9.17) is 0 Å². The molecule has 0 radical (unpaired) electrons. The van der Waals surface area contributed by atoms with E-state index in [-0.39, 0.29) is 6.03 Å². The standard InChI is InChI=1S/C11H17BrN2OS/c1-3-4-5-13-11(15)14(2)7-9-6-10(12)16-8-9/h6,8H,3-5,7H2,1-2H3,(H,13,15). The van der Waals surface area contributed by atoms with Crippen molar-refractivity contribution in [2.75, 3.05) is 13.6 Å². The number of nitrogens with zero attached hydrogens (tertiary/aromatic N) is 1. The van der Waals surface area contributed by atoms with Crippen LogP contribution in [0.15, 0.2) is 15.2 Å². The number of thiophene rings is 1. The molecule has 2 amide bonds. The Balaban J connectivity index is 2.34. The largest absolute Gasteiger partial charge is 0.338 e. The molecule has 3 nitrogen and oxygen atoms in total. The lowest BCUT2D eigenvalue weighted by Gasteiger charge is -2.17. The number of nitrogens with one attached hydrogen (secondary N) is 1. The van der Waals surface area contributed by atoms with Crippen LogP contribution in [0, 0.1) is 0 Å². The van der Waals surface area contributed by atoms with Gasteiger partial charge in [-0.1, -0.05) is 13.3 Å². The first-order valence-electron chi connectivity index (χ1n) is 5.35. The molecule has 0 spiro atoms. The zero-order chi connectivity index (χ0) is 12.0. The minimum atomic E-state index is -0.00391. The van der Waals surface area contributed by atoms with Gasteiger partial charge in [-0.2, -0.15) is 0 Å². The summed E-state index contributed by atoms with van der Waals surface area (Å²) >= 11 is 5.05. The molecule has 0 atom stereocenters. The van der Waals surface area contributed by atoms with Gasteiger partial charge in [-0.3, -0.25) is 0 Å². The molecule has 0 fully saturated rings. The van der Waals surface area contributed by atoms with Crippen LogP contribution in [0.4, 0.5) is 4.79 Å². The maximum atomic E-state index is 11.6. The molecule has 0 saturated carbocycles. The third kappa shape index (κ3) is 4.53. The monoisotopic (exact) mass is 304 g/mol. The Morgan fingerprint density at radius 3 is 2.94 bits per heavy atom. The molecule has 0 aliphatic rings. The van der Waals surface area contributed by atoms with Gasteiger partial charge in [0.15, 0.2) is 0 Å². The first-order valence-corrected chi connectivity index (χ1v) is 7.02. The Hall–Kier alpha value is -0.550. The third-order valence-corrected chi connectivity index (χ3v) is 3.75. The fourth-order valence-electron chi connectivity index (χ4n) is 1.28. The summed E-state index contributed by atoms with van der Waals surface area (Å²) in [5, 5.41) is 4.94. The fraction of sp³-hybridized carbons (Fsp3) is 0.545. The number of amides is 2. The SMILES string of the molecule is CCCCNC(=O)N(C)Cc1csc(Br)c1. The summed E-state index contributed by atoms with van der Waals surface area (Å²) in [6.45, 7) is 3.52. The molecule has 1 aromatic heterocycles. The van der Waals surface area contributed by atoms with Gasteiger partial charge in [-0.25, -0.2) is 4.79 Å². The van der Waals surface area contributed by atoms with E-state index < -0.39 is 0 Å². The van der Waals surface area contributed by atoms with E-state index in [0.717, 1.165) is 28.7 Å². The molecule has 0 aromatic carbocycles. The van der Waals surface area contributed by atoms with Crippen molar-refractivity contribution >= 4 is 33.3 Å². The second-order valence-electron chi connectivity index (χ2n) is 3.70. The molecule has 16 heavy (non-hydrogen) atoms. The Morgan fingerprint density at radius 1 is 1.62 bits per heavy atom. The molecule has 90 valence electrons. The van der Waals surface area contributed by atoms with Crippen molar-refractivity contribution in [2.45, 2.75) is 26.3 Å². The second kappa shape index (κ2) is 6.91. The highest BCUT2D eigenvalue weighted by atomic mass is 79.9. The average molecular weight is 305 g/mol.